The number of hydrogen-bond acceptors (Lipinski definition) is 4. The summed E-state index contributed by atoms with van der Waals surface area (Å²) < 4.78 is 11.5. The standard InChI is InChI=1S/C17H22N2O2/c1-4-11-20-15-7-5-6-8-16(15)21-17-10-9-14(12-19-17)13(2)18-3/h5-10,12-13,18H,4,11H2,1-3H3. The molecule has 1 atom stereocenters. The molecular formula is C17H22N2O2. The van der Waals surface area contributed by atoms with Crippen molar-refractivity contribution >= 4 is 0 Å². The lowest BCUT2D eigenvalue weighted by Crippen LogP contribution is -2.12. The van der Waals surface area contributed by atoms with Crippen LogP contribution in [0.15, 0.2) is 42.6 Å². The highest BCUT2D eigenvalue weighted by Gasteiger charge is 2.07. The summed E-state index contributed by atoms with van der Waals surface area (Å²) in [5, 5.41) is 3.18. The van der Waals surface area contributed by atoms with Crippen LogP contribution in [-0.2, 0) is 0 Å². The number of para-hydroxylation sites is 2. The van der Waals surface area contributed by atoms with Gasteiger partial charge in [-0.25, -0.2) is 4.98 Å². The molecule has 21 heavy (non-hydrogen) atoms. The van der Waals surface area contributed by atoms with Crippen LogP contribution in [0.4, 0.5) is 0 Å². The Balaban J connectivity index is 2.11. The van der Waals surface area contributed by atoms with Crippen molar-refractivity contribution in [2.24, 2.45) is 0 Å². The Bertz CT molecular complexity index is 555. The highest BCUT2D eigenvalue weighted by atomic mass is 16.5. The molecule has 112 valence electrons. The van der Waals surface area contributed by atoms with E-state index in [-0.39, 0.29) is 6.04 Å². The fourth-order valence-electron chi connectivity index (χ4n) is 1.85. The molecule has 4 heteroatoms. The third-order valence-corrected chi connectivity index (χ3v) is 3.22. The zero-order valence-electron chi connectivity index (χ0n) is 12.8. The molecule has 1 heterocycles. The van der Waals surface area contributed by atoms with Crippen LogP contribution in [-0.4, -0.2) is 18.6 Å². The van der Waals surface area contributed by atoms with E-state index in [2.05, 4.69) is 24.1 Å². The van der Waals surface area contributed by atoms with Crippen molar-refractivity contribution in [1.29, 1.82) is 0 Å². The summed E-state index contributed by atoms with van der Waals surface area (Å²) >= 11 is 0. The van der Waals surface area contributed by atoms with Crippen LogP contribution in [0, 0.1) is 0 Å². The number of nitrogens with one attached hydrogen (secondary N) is 1. The Morgan fingerprint density at radius 1 is 1.14 bits per heavy atom. The van der Waals surface area contributed by atoms with Crippen LogP contribution >= 0.6 is 0 Å². The maximum absolute atomic E-state index is 5.82. The second-order valence-electron chi connectivity index (χ2n) is 4.84. The van der Waals surface area contributed by atoms with Crippen LogP contribution < -0.4 is 14.8 Å². The number of hydrogen-bond donors (Lipinski definition) is 1. The van der Waals surface area contributed by atoms with E-state index in [1.807, 2.05) is 49.6 Å². The molecule has 0 radical (unpaired) electrons. The van der Waals surface area contributed by atoms with E-state index in [1.165, 1.54) is 0 Å². The van der Waals surface area contributed by atoms with Crippen LogP contribution in [0.25, 0.3) is 0 Å². The third kappa shape index (κ3) is 4.20. The van der Waals surface area contributed by atoms with Gasteiger partial charge in [0.2, 0.25) is 5.88 Å². The molecule has 0 aliphatic carbocycles. The van der Waals surface area contributed by atoms with E-state index in [1.54, 1.807) is 0 Å². The number of benzene rings is 1. The largest absolute Gasteiger partial charge is 0.490 e. The van der Waals surface area contributed by atoms with Crippen LogP contribution in [0.5, 0.6) is 17.4 Å². The monoisotopic (exact) mass is 286 g/mol. The maximum Gasteiger partial charge on any atom is 0.219 e. The minimum absolute atomic E-state index is 0.270. The fourth-order valence-corrected chi connectivity index (χ4v) is 1.85. The SMILES string of the molecule is CCCOc1ccccc1Oc1ccc(C(C)NC)cn1. The molecule has 0 spiro atoms. The van der Waals surface area contributed by atoms with E-state index in [0.717, 1.165) is 17.7 Å². The van der Waals surface area contributed by atoms with Gasteiger partial charge in [0.15, 0.2) is 11.5 Å². The van der Waals surface area contributed by atoms with Crippen molar-refractivity contribution in [2.45, 2.75) is 26.3 Å². The summed E-state index contributed by atoms with van der Waals surface area (Å²) in [4.78, 5) is 4.35. The molecule has 0 saturated heterocycles. The van der Waals surface area contributed by atoms with Gasteiger partial charge in [0.1, 0.15) is 0 Å². The normalized spacial score (nSPS) is 12.0. The average Bonchev–Trinajstić information content (AvgIpc) is 2.54. The van der Waals surface area contributed by atoms with Crippen molar-refractivity contribution in [3.8, 4) is 17.4 Å². The highest BCUT2D eigenvalue weighted by molar-refractivity contribution is 5.41. The van der Waals surface area contributed by atoms with Gasteiger partial charge in [0, 0.05) is 18.3 Å². The van der Waals surface area contributed by atoms with Gasteiger partial charge >= 0.3 is 0 Å². The number of rotatable bonds is 7. The lowest BCUT2D eigenvalue weighted by molar-refractivity contribution is 0.300. The molecule has 0 amide bonds. The number of pyridine rings is 1. The molecule has 1 aromatic carbocycles. The molecule has 2 rings (SSSR count). The molecule has 4 nitrogen and oxygen atoms in total. The Hall–Kier alpha value is -2.07. The van der Waals surface area contributed by atoms with Gasteiger partial charge in [0.05, 0.1) is 6.61 Å². The Morgan fingerprint density at radius 2 is 1.90 bits per heavy atom. The van der Waals surface area contributed by atoms with Gasteiger partial charge in [0.25, 0.3) is 0 Å². The van der Waals surface area contributed by atoms with Crippen LogP contribution in [0.2, 0.25) is 0 Å². The second-order valence-corrected chi connectivity index (χ2v) is 4.84. The van der Waals surface area contributed by atoms with E-state index >= 15 is 0 Å². The quantitative estimate of drug-likeness (QED) is 0.837. The van der Waals surface area contributed by atoms with Gasteiger partial charge in [-0.2, -0.15) is 0 Å². The van der Waals surface area contributed by atoms with Crippen LogP contribution in [0.1, 0.15) is 31.9 Å². The molecule has 0 saturated carbocycles. The van der Waals surface area contributed by atoms with Gasteiger partial charge < -0.3 is 14.8 Å². The van der Waals surface area contributed by atoms with E-state index in [9.17, 15) is 0 Å². The van der Waals surface area contributed by atoms with E-state index < -0.39 is 0 Å². The lowest BCUT2D eigenvalue weighted by Gasteiger charge is -2.13. The smallest absolute Gasteiger partial charge is 0.219 e. The molecule has 0 aliphatic heterocycles. The maximum atomic E-state index is 5.82. The highest BCUT2D eigenvalue weighted by Crippen LogP contribution is 2.30. The molecule has 0 bridgehead atoms. The summed E-state index contributed by atoms with van der Waals surface area (Å²) in [6, 6.07) is 11.8. The minimum Gasteiger partial charge on any atom is -0.490 e. The molecule has 2 aromatic rings. The predicted octanol–water partition coefficient (Wildman–Crippen LogP) is 3.94. The van der Waals surface area contributed by atoms with Crippen molar-refractivity contribution in [1.82, 2.24) is 10.3 Å². The number of ether oxygens (including phenoxy) is 2. The first kappa shape index (κ1) is 15.3. The van der Waals surface area contributed by atoms with Gasteiger partial charge in [-0.3, -0.25) is 0 Å². The Kier molecular flexibility index (Phi) is 5.58. The molecule has 1 aromatic heterocycles. The second kappa shape index (κ2) is 7.64. The Labute approximate surface area is 126 Å². The first-order chi connectivity index (χ1) is 10.2. The number of aromatic nitrogens is 1. The lowest BCUT2D eigenvalue weighted by atomic mass is 10.1. The number of nitrogens with zero attached hydrogens (tertiary/aromatic N) is 1. The first-order valence-electron chi connectivity index (χ1n) is 7.27. The van der Waals surface area contributed by atoms with Crippen molar-refractivity contribution in [3.05, 3.63) is 48.2 Å². The van der Waals surface area contributed by atoms with Crippen molar-refractivity contribution < 1.29 is 9.47 Å². The van der Waals surface area contributed by atoms with Gasteiger partial charge in [-0.1, -0.05) is 25.1 Å². The Morgan fingerprint density at radius 3 is 2.52 bits per heavy atom. The zero-order valence-corrected chi connectivity index (χ0v) is 12.8. The van der Waals surface area contributed by atoms with E-state index in [4.69, 9.17) is 9.47 Å². The van der Waals surface area contributed by atoms with Crippen LogP contribution in [0.3, 0.4) is 0 Å². The van der Waals surface area contributed by atoms with Crippen molar-refractivity contribution in [3.63, 3.8) is 0 Å². The van der Waals surface area contributed by atoms with Crippen molar-refractivity contribution in [2.75, 3.05) is 13.7 Å². The predicted molar refractivity (Wildman–Crippen MR) is 84.0 cm³/mol. The zero-order chi connectivity index (χ0) is 15.1. The van der Waals surface area contributed by atoms with E-state index in [0.29, 0.717) is 18.2 Å². The first-order valence-corrected chi connectivity index (χ1v) is 7.27. The van der Waals surface area contributed by atoms with Gasteiger partial charge in [-0.15, -0.1) is 0 Å². The molecule has 0 fully saturated rings. The molecule has 0 aliphatic rings. The summed E-state index contributed by atoms with van der Waals surface area (Å²) in [6.45, 7) is 4.84. The fraction of sp³-hybridized carbons (Fsp3) is 0.353. The summed E-state index contributed by atoms with van der Waals surface area (Å²) in [5.74, 6) is 2.00. The van der Waals surface area contributed by atoms with Gasteiger partial charge in [-0.05, 0) is 38.1 Å². The topological polar surface area (TPSA) is 43.4 Å². The summed E-state index contributed by atoms with van der Waals surface area (Å²) in [7, 11) is 1.93. The minimum atomic E-state index is 0.270. The summed E-state index contributed by atoms with van der Waals surface area (Å²) in [5.41, 5.74) is 1.13. The third-order valence-electron chi connectivity index (χ3n) is 3.22. The molecular weight excluding hydrogens is 264 g/mol. The molecule has 1 unspecified atom stereocenters. The molecule has 1 N–H and O–H groups in total. The average molecular weight is 286 g/mol. The summed E-state index contributed by atoms with van der Waals surface area (Å²) in [6.07, 6.45) is 2.79.